The van der Waals surface area contributed by atoms with Gasteiger partial charge in [-0.05, 0) is 18.2 Å². The van der Waals surface area contributed by atoms with Crippen LogP contribution in [0.4, 0.5) is 5.82 Å². The quantitative estimate of drug-likeness (QED) is 0.843. The average Bonchev–Trinajstić information content (AvgIpc) is 2.25. The van der Waals surface area contributed by atoms with Crippen LogP contribution < -0.4 is 5.73 Å². The van der Waals surface area contributed by atoms with Crippen LogP contribution in [0.3, 0.4) is 0 Å². The lowest BCUT2D eigenvalue weighted by Gasteiger charge is -2.04. The summed E-state index contributed by atoms with van der Waals surface area (Å²) in [6.45, 7) is 0. The lowest BCUT2D eigenvalue weighted by atomic mass is 10.1. The molecule has 2 aromatic heterocycles. The van der Waals surface area contributed by atoms with Crippen LogP contribution in [0.1, 0.15) is 11.3 Å². The number of nitrogens with zero attached hydrogens (tertiary/aromatic N) is 2. The zero-order valence-corrected chi connectivity index (χ0v) is 8.78. The minimum atomic E-state index is 0.505. The maximum absolute atomic E-state index is 5.84. The highest BCUT2D eigenvalue weighted by atomic mass is 35.5. The number of aromatic nitrogens is 2. The normalized spacial score (nSPS) is 10.2. The summed E-state index contributed by atoms with van der Waals surface area (Å²) in [5, 5.41) is 0.593. The maximum atomic E-state index is 5.84. The summed E-state index contributed by atoms with van der Waals surface area (Å²) < 4.78 is 0. The number of anilines is 1. The van der Waals surface area contributed by atoms with Crippen LogP contribution in [-0.2, 0) is 6.42 Å². The summed E-state index contributed by atoms with van der Waals surface area (Å²) in [6, 6.07) is 7.58. The molecule has 76 valence electrons. The van der Waals surface area contributed by atoms with E-state index >= 15 is 0 Å². The molecular formula is C11H10ClN3. The highest BCUT2D eigenvalue weighted by molar-refractivity contribution is 6.30. The van der Waals surface area contributed by atoms with Gasteiger partial charge in [0.05, 0.1) is 5.02 Å². The predicted octanol–water partition coefficient (Wildman–Crippen LogP) is 2.30. The molecule has 0 atom stereocenters. The van der Waals surface area contributed by atoms with E-state index in [-0.39, 0.29) is 0 Å². The highest BCUT2D eigenvalue weighted by Gasteiger charge is 2.03. The number of nitrogens with two attached hydrogens (primary N) is 1. The van der Waals surface area contributed by atoms with Crippen LogP contribution >= 0.6 is 11.6 Å². The molecule has 0 saturated heterocycles. The Labute approximate surface area is 92.9 Å². The Kier molecular flexibility index (Phi) is 2.83. The van der Waals surface area contributed by atoms with Gasteiger partial charge in [0.15, 0.2) is 0 Å². The van der Waals surface area contributed by atoms with E-state index in [1.54, 1.807) is 12.4 Å². The SMILES string of the molecule is Nc1ncc(Cl)cc1Cc1ccccn1. The first-order valence-corrected chi connectivity index (χ1v) is 4.93. The second-order valence-corrected chi connectivity index (χ2v) is 3.63. The second kappa shape index (κ2) is 4.28. The molecule has 0 aliphatic rings. The van der Waals surface area contributed by atoms with Crippen molar-refractivity contribution in [2.75, 3.05) is 5.73 Å². The number of pyridine rings is 2. The van der Waals surface area contributed by atoms with Crippen molar-refractivity contribution in [2.45, 2.75) is 6.42 Å². The fourth-order valence-corrected chi connectivity index (χ4v) is 1.51. The molecule has 0 bridgehead atoms. The van der Waals surface area contributed by atoms with Gasteiger partial charge in [-0.25, -0.2) is 4.98 Å². The minimum absolute atomic E-state index is 0.505. The van der Waals surface area contributed by atoms with Crippen LogP contribution in [0, 0.1) is 0 Å². The molecule has 0 aliphatic carbocycles. The third-order valence-corrected chi connectivity index (χ3v) is 2.27. The lowest BCUT2D eigenvalue weighted by molar-refractivity contribution is 1.06. The van der Waals surface area contributed by atoms with E-state index in [4.69, 9.17) is 17.3 Å². The Morgan fingerprint density at radius 3 is 2.87 bits per heavy atom. The summed E-state index contributed by atoms with van der Waals surface area (Å²) in [5.74, 6) is 0.505. The van der Waals surface area contributed by atoms with Gasteiger partial charge in [0.2, 0.25) is 0 Å². The van der Waals surface area contributed by atoms with E-state index in [1.165, 1.54) is 0 Å². The summed E-state index contributed by atoms with van der Waals surface area (Å²) in [4.78, 5) is 8.21. The first kappa shape index (κ1) is 9.93. The molecule has 0 fully saturated rings. The zero-order valence-electron chi connectivity index (χ0n) is 8.02. The predicted molar refractivity (Wildman–Crippen MR) is 60.7 cm³/mol. The van der Waals surface area contributed by atoms with Gasteiger partial charge >= 0.3 is 0 Å². The molecule has 0 aromatic carbocycles. The molecule has 0 aliphatic heterocycles. The molecule has 2 N–H and O–H groups in total. The first-order valence-electron chi connectivity index (χ1n) is 4.55. The van der Waals surface area contributed by atoms with E-state index in [0.717, 1.165) is 11.3 Å². The molecule has 2 rings (SSSR count). The van der Waals surface area contributed by atoms with Crippen molar-refractivity contribution in [1.82, 2.24) is 9.97 Å². The maximum Gasteiger partial charge on any atom is 0.127 e. The summed E-state index contributed by atoms with van der Waals surface area (Å²) >= 11 is 5.84. The number of hydrogen-bond donors (Lipinski definition) is 1. The van der Waals surface area contributed by atoms with Crippen molar-refractivity contribution in [2.24, 2.45) is 0 Å². The molecule has 0 radical (unpaired) electrons. The summed E-state index contributed by atoms with van der Waals surface area (Å²) in [5.41, 5.74) is 7.60. The minimum Gasteiger partial charge on any atom is -0.383 e. The van der Waals surface area contributed by atoms with Crippen LogP contribution in [-0.4, -0.2) is 9.97 Å². The van der Waals surface area contributed by atoms with Crippen molar-refractivity contribution >= 4 is 17.4 Å². The first-order chi connectivity index (χ1) is 7.25. The zero-order chi connectivity index (χ0) is 10.7. The van der Waals surface area contributed by atoms with Gasteiger partial charge in [0, 0.05) is 30.1 Å². The molecule has 15 heavy (non-hydrogen) atoms. The fourth-order valence-electron chi connectivity index (χ4n) is 1.33. The Morgan fingerprint density at radius 1 is 1.27 bits per heavy atom. The van der Waals surface area contributed by atoms with Gasteiger partial charge in [-0.1, -0.05) is 17.7 Å². The Bertz CT molecular complexity index is 457. The molecule has 3 nitrogen and oxygen atoms in total. The van der Waals surface area contributed by atoms with E-state index in [0.29, 0.717) is 17.3 Å². The molecule has 0 unspecified atom stereocenters. The largest absolute Gasteiger partial charge is 0.383 e. The molecule has 2 heterocycles. The summed E-state index contributed by atoms with van der Waals surface area (Å²) in [7, 11) is 0. The number of halogens is 1. The van der Waals surface area contributed by atoms with Crippen molar-refractivity contribution in [3.63, 3.8) is 0 Å². The fraction of sp³-hybridized carbons (Fsp3) is 0.0909. The third-order valence-electron chi connectivity index (χ3n) is 2.07. The molecule has 4 heteroatoms. The Balaban J connectivity index is 2.28. The second-order valence-electron chi connectivity index (χ2n) is 3.20. The number of hydrogen-bond acceptors (Lipinski definition) is 3. The van der Waals surface area contributed by atoms with Crippen LogP contribution in [0.25, 0.3) is 0 Å². The van der Waals surface area contributed by atoms with Gasteiger partial charge in [-0.3, -0.25) is 4.98 Å². The molecule has 0 saturated carbocycles. The van der Waals surface area contributed by atoms with Crippen LogP contribution in [0.15, 0.2) is 36.7 Å². The monoisotopic (exact) mass is 219 g/mol. The Morgan fingerprint density at radius 2 is 2.13 bits per heavy atom. The number of nitrogen functional groups attached to an aromatic ring is 1. The van der Waals surface area contributed by atoms with Crippen molar-refractivity contribution in [3.05, 3.63) is 52.9 Å². The van der Waals surface area contributed by atoms with Gasteiger partial charge in [-0.15, -0.1) is 0 Å². The van der Waals surface area contributed by atoms with Crippen LogP contribution in [0.5, 0.6) is 0 Å². The van der Waals surface area contributed by atoms with Crippen molar-refractivity contribution in [1.29, 1.82) is 0 Å². The molecule has 2 aromatic rings. The standard InChI is InChI=1S/C11H10ClN3/c12-9-5-8(11(13)15-7-9)6-10-3-1-2-4-14-10/h1-5,7H,6H2,(H2,13,15). The van der Waals surface area contributed by atoms with Crippen LogP contribution in [0.2, 0.25) is 5.02 Å². The van der Waals surface area contributed by atoms with E-state index < -0.39 is 0 Å². The van der Waals surface area contributed by atoms with Crippen molar-refractivity contribution < 1.29 is 0 Å². The molecular weight excluding hydrogens is 210 g/mol. The van der Waals surface area contributed by atoms with E-state index in [1.807, 2.05) is 24.3 Å². The van der Waals surface area contributed by atoms with Gasteiger partial charge in [-0.2, -0.15) is 0 Å². The van der Waals surface area contributed by atoms with E-state index in [9.17, 15) is 0 Å². The van der Waals surface area contributed by atoms with Gasteiger partial charge in [0.1, 0.15) is 5.82 Å². The lowest BCUT2D eigenvalue weighted by Crippen LogP contribution is -1.99. The average molecular weight is 220 g/mol. The smallest absolute Gasteiger partial charge is 0.127 e. The third kappa shape index (κ3) is 2.44. The topological polar surface area (TPSA) is 51.8 Å². The van der Waals surface area contributed by atoms with Gasteiger partial charge < -0.3 is 5.73 Å². The molecule has 0 amide bonds. The summed E-state index contributed by atoms with van der Waals surface area (Å²) in [6.07, 6.45) is 3.95. The van der Waals surface area contributed by atoms with Gasteiger partial charge in [0.25, 0.3) is 0 Å². The number of rotatable bonds is 2. The highest BCUT2D eigenvalue weighted by Crippen LogP contribution is 2.17. The molecule has 0 spiro atoms. The van der Waals surface area contributed by atoms with E-state index in [2.05, 4.69) is 9.97 Å². The Hall–Kier alpha value is -1.61. The van der Waals surface area contributed by atoms with Crippen molar-refractivity contribution in [3.8, 4) is 0 Å².